The minimum atomic E-state index is 0.0820. The quantitative estimate of drug-likeness (QED) is 0.776. The van der Waals surface area contributed by atoms with Gasteiger partial charge in [-0.15, -0.1) is 0 Å². The molecule has 0 spiro atoms. The molecule has 3 rings (SSSR count). The minimum absolute atomic E-state index is 0.0820. The largest absolute Gasteiger partial charge is 0.396 e. The van der Waals surface area contributed by atoms with E-state index in [1.807, 2.05) is 6.20 Å². The Balaban J connectivity index is 1.51. The van der Waals surface area contributed by atoms with Crippen LogP contribution in [0.15, 0.2) is 6.20 Å². The summed E-state index contributed by atoms with van der Waals surface area (Å²) in [5, 5.41) is 19.4. The van der Waals surface area contributed by atoms with Crippen molar-refractivity contribution in [3.05, 3.63) is 17.5 Å². The topological polar surface area (TPSA) is 78.0 Å². The first-order valence-corrected chi connectivity index (χ1v) is 7.68. The second kappa shape index (κ2) is 5.95. The van der Waals surface area contributed by atoms with Gasteiger partial charge in [-0.05, 0) is 50.0 Å². The fourth-order valence-corrected chi connectivity index (χ4v) is 3.44. The van der Waals surface area contributed by atoms with Gasteiger partial charge in [0, 0.05) is 30.7 Å². The van der Waals surface area contributed by atoms with Crippen molar-refractivity contribution in [2.45, 2.75) is 51.0 Å². The van der Waals surface area contributed by atoms with Gasteiger partial charge in [0.25, 0.3) is 0 Å². The molecule has 0 aliphatic heterocycles. The molecule has 1 amide bonds. The molecule has 0 aromatic carbocycles. The fourth-order valence-electron chi connectivity index (χ4n) is 3.44. The van der Waals surface area contributed by atoms with Gasteiger partial charge in [0.2, 0.25) is 5.91 Å². The molecule has 1 atom stereocenters. The second-order valence-corrected chi connectivity index (χ2v) is 6.22. The summed E-state index contributed by atoms with van der Waals surface area (Å²) in [7, 11) is 0. The van der Waals surface area contributed by atoms with Crippen LogP contribution in [0.5, 0.6) is 0 Å². The Hall–Kier alpha value is -1.36. The summed E-state index contributed by atoms with van der Waals surface area (Å²) < 4.78 is 0. The van der Waals surface area contributed by atoms with Crippen LogP contribution in [0.3, 0.4) is 0 Å². The van der Waals surface area contributed by atoms with E-state index in [9.17, 15) is 4.79 Å². The summed E-state index contributed by atoms with van der Waals surface area (Å²) in [4.78, 5) is 12.4. The van der Waals surface area contributed by atoms with E-state index >= 15 is 0 Å². The number of nitrogens with one attached hydrogen (secondary N) is 2. The van der Waals surface area contributed by atoms with Gasteiger partial charge in [-0.25, -0.2) is 0 Å². The molecule has 1 aromatic heterocycles. The van der Waals surface area contributed by atoms with Crippen LogP contribution >= 0.6 is 0 Å². The van der Waals surface area contributed by atoms with Gasteiger partial charge in [-0.1, -0.05) is 0 Å². The van der Waals surface area contributed by atoms with Crippen molar-refractivity contribution >= 4 is 5.91 Å². The third-order valence-electron chi connectivity index (χ3n) is 4.84. The van der Waals surface area contributed by atoms with Crippen LogP contribution in [0.25, 0.3) is 0 Å². The lowest BCUT2D eigenvalue weighted by atomic mass is 9.84. The molecular weight excluding hydrogens is 254 g/mol. The molecule has 0 bridgehead atoms. The summed E-state index contributed by atoms with van der Waals surface area (Å²) in [5.74, 6) is 0.710. The first kappa shape index (κ1) is 13.6. The molecule has 2 aliphatic rings. The molecule has 20 heavy (non-hydrogen) atoms. The van der Waals surface area contributed by atoms with Crippen LogP contribution in [0.1, 0.15) is 43.4 Å². The molecule has 1 aromatic rings. The monoisotopic (exact) mass is 277 g/mol. The molecule has 1 saturated carbocycles. The number of amides is 1. The van der Waals surface area contributed by atoms with Crippen molar-refractivity contribution in [2.24, 2.45) is 11.8 Å². The Labute approximate surface area is 119 Å². The highest BCUT2D eigenvalue weighted by Crippen LogP contribution is 2.26. The average Bonchev–Trinajstić information content (AvgIpc) is 2.95. The molecule has 1 fully saturated rings. The van der Waals surface area contributed by atoms with Crippen LogP contribution in [-0.4, -0.2) is 33.9 Å². The van der Waals surface area contributed by atoms with Crippen LogP contribution < -0.4 is 5.32 Å². The van der Waals surface area contributed by atoms with E-state index in [1.165, 1.54) is 5.56 Å². The van der Waals surface area contributed by atoms with Gasteiger partial charge in [0.05, 0.1) is 6.20 Å². The maximum Gasteiger partial charge on any atom is 0.223 e. The molecule has 0 saturated heterocycles. The van der Waals surface area contributed by atoms with Gasteiger partial charge >= 0.3 is 0 Å². The van der Waals surface area contributed by atoms with E-state index in [-0.39, 0.29) is 18.4 Å². The maximum atomic E-state index is 12.4. The summed E-state index contributed by atoms with van der Waals surface area (Å²) >= 11 is 0. The second-order valence-electron chi connectivity index (χ2n) is 6.22. The number of carbonyl (C=O) groups is 1. The minimum Gasteiger partial charge on any atom is -0.396 e. The van der Waals surface area contributed by atoms with E-state index in [4.69, 9.17) is 5.11 Å². The Morgan fingerprint density at radius 1 is 1.35 bits per heavy atom. The summed E-state index contributed by atoms with van der Waals surface area (Å²) in [6.45, 7) is 0.284. The first-order chi connectivity index (χ1) is 9.76. The Morgan fingerprint density at radius 3 is 2.90 bits per heavy atom. The molecule has 2 aliphatic carbocycles. The number of H-pyrrole nitrogens is 1. The van der Waals surface area contributed by atoms with E-state index in [0.717, 1.165) is 50.6 Å². The third-order valence-corrected chi connectivity index (χ3v) is 4.84. The number of rotatable bonds is 3. The number of carbonyl (C=O) groups excluding carboxylic acids is 1. The predicted molar refractivity (Wildman–Crippen MR) is 75.1 cm³/mol. The summed E-state index contributed by atoms with van der Waals surface area (Å²) in [6.07, 6.45) is 8.57. The van der Waals surface area contributed by atoms with Gasteiger partial charge in [-0.3, -0.25) is 9.89 Å². The Kier molecular flexibility index (Phi) is 4.05. The molecule has 1 heterocycles. The molecule has 5 heteroatoms. The van der Waals surface area contributed by atoms with Gasteiger partial charge in [0.15, 0.2) is 0 Å². The number of nitrogens with zero attached hydrogens (tertiary/aromatic N) is 1. The number of hydrogen-bond donors (Lipinski definition) is 3. The zero-order chi connectivity index (χ0) is 13.9. The van der Waals surface area contributed by atoms with Crippen LogP contribution in [0, 0.1) is 11.8 Å². The molecule has 1 unspecified atom stereocenters. The van der Waals surface area contributed by atoms with E-state index in [2.05, 4.69) is 15.5 Å². The lowest BCUT2D eigenvalue weighted by Gasteiger charge is -2.30. The lowest BCUT2D eigenvalue weighted by Crippen LogP contribution is -2.42. The smallest absolute Gasteiger partial charge is 0.223 e. The molecule has 110 valence electrons. The van der Waals surface area contributed by atoms with Crippen molar-refractivity contribution in [1.29, 1.82) is 0 Å². The average molecular weight is 277 g/mol. The van der Waals surface area contributed by atoms with Gasteiger partial charge in [-0.2, -0.15) is 5.10 Å². The fraction of sp³-hybridized carbons (Fsp3) is 0.733. The number of hydrogen-bond acceptors (Lipinski definition) is 3. The first-order valence-electron chi connectivity index (χ1n) is 7.68. The molecule has 3 N–H and O–H groups in total. The Morgan fingerprint density at radius 2 is 2.15 bits per heavy atom. The summed E-state index contributed by atoms with van der Waals surface area (Å²) in [5.41, 5.74) is 2.39. The number of aryl methyl sites for hydroxylation is 1. The van der Waals surface area contributed by atoms with Crippen LogP contribution in [0.2, 0.25) is 0 Å². The number of aromatic nitrogens is 2. The highest BCUT2D eigenvalue weighted by molar-refractivity contribution is 5.79. The van der Waals surface area contributed by atoms with Crippen molar-refractivity contribution in [2.75, 3.05) is 6.61 Å². The number of aromatic amines is 1. The molecule has 5 nitrogen and oxygen atoms in total. The van der Waals surface area contributed by atoms with E-state index in [1.54, 1.807) is 0 Å². The number of aliphatic hydroxyl groups is 1. The standard InChI is InChI=1S/C15H23N3O2/c19-9-10-1-5-13(6-2-10)17-15(20)11-3-4-12-8-16-18-14(12)7-11/h8,10-11,13,19H,1-7,9H2,(H,16,18)(H,17,20). The highest BCUT2D eigenvalue weighted by Gasteiger charge is 2.28. The SMILES string of the molecule is O=C(NC1CCC(CO)CC1)C1CCc2cn[nH]c2C1. The lowest BCUT2D eigenvalue weighted by molar-refractivity contribution is -0.126. The van der Waals surface area contributed by atoms with Crippen molar-refractivity contribution in [1.82, 2.24) is 15.5 Å². The molecular formula is C15H23N3O2. The molecule has 0 radical (unpaired) electrons. The summed E-state index contributed by atoms with van der Waals surface area (Å²) in [6, 6.07) is 0.300. The van der Waals surface area contributed by atoms with Gasteiger partial charge < -0.3 is 10.4 Å². The number of fused-ring (bicyclic) bond motifs is 1. The van der Waals surface area contributed by atoms with Crippen LogP contribution in [-0.2, 0) is 17.6 Å². The van der Waals surface area contributed by atoms with Crippen molar-refractivity contribution in [3.63, 3.8) is 0 Å². The zero-order valence-electron chi connectivity index (χ0n) is 11.8. The zero-order valence-corrected chi connectivity index (χ0v) is 11.8. The van der Waals surface area contributed by atoms with Crippen LogP contribution in [0.4, 0.5) is 0 Å². The normalized spacial score (nSPS) is 29.8. The third kappa shape index (κ3) is 2.87. The van der Waals surface area contributed by atoms with E-state index in [0.29, 0.717) is 12.0 Å². The van der Waals surface area contributed by atoms with Crippen molar-refractivity contribution < 1.29 is 9.90 Å². The number of aliphatic hydroxyl groups excluding tert-OH is 1. The van der Waals surface area contributed by atoms with Gasteiger partial charge in [0.1, 0.15) is 0 Å². The highest BCUT2D eigenvalue weighted by atomic mass is 16.3. The maximum absolute atomic E-state index is 12.4. The Bertz CT molecular complexity index is 463. The predicted octanol–water partition coefficient (Wildman–Crippen LogP) is 1.18. The van der Waals surface area contributed by atoms with E-state index < -0.39 is 0 Å². The van der Waals surface area contributed by atoms with Crippen molar-refractivity contribution in [3.8, 4) is 0 Å².